The smallest absolute Gasteiger partial charge is 0.421 e. The topological polar surface area (TPSA) is 77.4 Å². The Morgan fingerprint density at radius 2 is 2.00 bits per heavy atom. The highest BCUT2D eigenvalue weighted by Gasteiger charge is 2.34. The van der Waals surface area contributed by atoms with Gasteiger partial charge in [-0.1, -0.05) is 13.8 Å². The van der Waals surface area contributed by atoms with Gasteiger partial charge in [0.05, 0.1) is 12.2 Å². The van der Waals surface area contributed by atoms with Crippen molar-refractivity contribution < 1.29 is 27.5 Å². The number of anilines is 1. The first-order valence-electron chi connectivity index (χ1n) is 8.88. The highest BCUT2D eigenvalue weighted by atomic mass is 32.1. The van der Waals surface area contributed by atoms with Crippen LogP contribution in [-0.2, 0) is 28.7 Å². The van der Waals surface area contributed by atoms with E-state index < -0.39 is 35.7 Å². The molecule has 10 heteroatoms. The number of amides is 1. The molecule has 0 bridgehead atoms. The van der Waals surface area contributed by atoms with Gasteiger partial charge in [0.25, 0.3) is 5.56 Å². The van der Waals surface area contributed by atoms with E-state index in [0.717, 1.165) is 29.2 Å². The molecule has 0 saturated heterocycles. The summed E-state index contributed by atoms with van der Waals surface area (Å²) in [5, 5.41) is 4.49. The maximum Gasteiger partial charge on any atom is 0.421 e. The van der Waals surface area contributed by atoms with Crippen LogP contribution in [0.15, 0.2) is 28.5 Å². The Hall–Kier alpha value is -2.62. The lowest BCUT2D eigenvalue weighted by atomic mass is 10.0. The summed E-state index contributed by atoms with van der Waals surface area (Å²) >= 11 is 1.12. The van der Waals surface area contributed by atoms with Gasteiger partial charge in [-0.15, -0.1) is 11.3 Å². The van der Waals surface area contributed by atoms with Crippen molar-refractivity contribution in [1.82, 2.24) is 4.57 Å². The predicted octanol–water partition coefficient (Wildman–Crippen LogP) is 3.94. The number of carbonyl (C=O) groups is 2. The summed E-state index contributed by atoms with van der Waals surface area (Å²) in [6.45, 7) is 5.14. The quantitative estimate of drug-likeness (QED) is 0.675. The van der Waals surface area contributed by atoms with Crippen molar-refractivity contribution in [1.29, 1.82) is 0 Å². The van der Waals surface area contributed by atoms with Gasteiger partial charge in [-0.2, -0.15) is 13.2 Å². The third kappa shape index (κ3) is 5.69. The zero-order valence-electron chi connectivity index (χ0n) is 16.1. The van der Waals surface area contributed by atoms with Crippen LogP contribution in [0.1, 0.15) is 42.3 Å². The lowest BCUT2D eigenvalue weighted by Crippen LogP contribution is -2.32. The molecule has 1 amide bonds. The molecule has 0 aromatic carbocycles. The maximum atomic E-state index is 12.9. The number of alkyl halides is 3. The number of aromatic nitrogens is 1. The van der Waals surface area contributed by atoms with Crippen LogP contribution in [0.25, 0.3) is 0 Å². The van der Waals surface area contributed by atoms with Gasteiger partial charge >= 0.3 is 12.1 Å². The molecule has 0 unspecified atom stereocenters. The van der Waals surface area contributed by atoms with E-state index in [-0.39, 0.29) is 23.1 Å². The Kier molecular flexibility index (Phi) is 7.23. The fraction of sp³-hybridized carbons (Fsp3) is 0.421. The lowest BCUT2D eigenvalue weighted by molar-refractivity contribution is -0.139. The second-order valence-corrected chi connectivity index (χ2v) is 7.56. The van der Waals surface area contributed by atoms with Crippen molar-refractivity contribution in [2.24, 2.45) is 5.92 Å². The molecule has 0 spiro atoms. The van der Waals surface area contributed by atoms with Crippen molar-refractivity contribution in [3.8, 4) is 0 Å². The summed E-state index contributed by atoms with van der Waals surface area (Å²) in [6, 6.07) is 1.71. The van der Waals surface area contributed by atoms with Crippen molar-refractivity contribution in [2.45, 2.75) is 39.9 Å². The van der Waals surface area contributed by atoms with E-state index >= 15 is 0 Å². The average molecular weight is 430 g/mol. The van der Waals surface area contributed by atoms with Gasteiger partial charge in [-0.05, 0) is 42.3 Å². The molecule has 0 fully saturated rings. The zero-order chi connectivity index (χ0) is 21.8. The molecule has 158 valence electrons. The Morgan fingerprint density at radius 3 is 2.59 bits per heavy atom. The minimum atomic E-state index is -4.81. The van der Waals surface area contributed by atoms with Crippen LogP contribution >= 0.6 is 11.3 Å². The fourth-order valence-corrected chi connectivity index (χ4v) is 3.68. The van der Waals surface area contributed by atoms with Crippen LogP contribution in [0.2, 0.25) is 0 Å². The second kappa shape index (κ2) is 9.25. The van der Waals surface area contributed by atoms with Gasteiger partial charge in [0.1, 0.15) is 17.1 Å². The first-order valence-corrected chi connectivity index (χ1v) is 9.76. The van der Waals surface area contributed by atoms with Crippen molar-refractivity contribution >= 4 is 28.2 Å². The van der Waals surface area contributed by atoms with Gasteiger partial charge in [0, 0.05) is 6.20 Å². The molecule has 0 aliphatic rings. The van der Waals surface area contributed by atoms with Crippen LogP contribution in [0.5, 0.6) is 0 Å². The number of nitrogens with zero attached hydrogens (tertiary/aromatic N) is 1. The highest BCUT2D eigenvalue weighted by Crippen LogP contribution is 2.31. The van der Waals surface area contributed by atoms with Crippen LogP contribution in [0.3, 0.4) is 0 Å². The molecule has 0 saturated carbocycles. The van der Waals surface area contributed by atoms with Crippen LogP contribution in [0, 0.1) is 5.92 Å². The normalized spacial score (nSPS) is 11.6. The summed E-state index contributed by atoms with van der Waals surface area (Å²) in [5.41, 5.74) is -1.71. The maximum absolute atomic E-state index is 12.9. The van der Waals surface area contributed by atoms with Gasteiger partial charge in [0.2, 0.25) is 5.91 Å². The summed E-state index contributed by atoms with van der Waals surface area (Å²) in [6.07, 6.45) is -3.12. The molecule has 2 aromatic heterocycles. The van der Waals surface area contributed by atoms with Crippen molar-refractivity contribution in [3.63, 3.8) is 0 Å². The molecule has 0 aliphatic heterocycles. The molecule has 29 heavy (non-hydrogen) atoms. The molecular formula is C19H21F3N2O4S. The number of carbonyl (C=O) groups excluding carboxylic acids is 2. The van der Waals surface area contributed by atoms with E-state index in [0.29, 0.717) is 17.1 Å². The Bertz CT molecular complexity index is 948. The van der Waals surface area contributed by atoms with Crippen LogP contribution < -0.4 is 10.9 Å². The zero-order valence-corrected chi connectivity index (χ0v) is 16.9. The number of thiophene rings is 1. The molecule has 6 nitrogen and oxygen atoms in total. The number of rotatable bonds is 7. The summed E-state index contributed by atoms with van der Waals surface area (Å²) < 4.78 is 44.3. The van der Waals surface area contributed by atoms with E-state index in [2.05, 4.69) is 5.32 Å². The lowest BCUT2D eigenvalue weighted by Gasteiger charge is -2.12. The van der Waals surface area contributed by atoms with Crippen molar-refractivity contribution in [3.05, 3.63) is 50.8 Å². The van der Waals surface area contributed by atoms with Crippen LogP contribution in [-0.4, -0.2) is 23.1 Å². The minimum absolute atomic E-state index is 0.156. The molecule has 2 heterocycles. The number of hydrogen-bond donors (Lipinski definition) is 1. The summed E-state index contributed by atoms with van der Waals surface area (Å²) in [7, 11) is 0. The summed E-state index contributed by atoms with van der Waals surface area (Å²) in [4.78, 5) is 36.7. The highest BCUT2D eigenvalue weighted by molar-refractivity contribution is 7.15. The van der Waals surface area contributed by atoms with Gasteiger partial charge < -0.3 is 14.6 Å². The monoisotopic (exact) mass is 430 g/mol. The molecule has 1 N–H and O–H groups in total. The van der Waals surface area contributed by atoms with Gasteiger partial charge in [-0.25, -0.2) is 4.79 Å². The summed E-state index contributed by atoms with van der Waals surface area (Å²) in [5.74, 6) is -1.06. The molecule has 2 aromatic rings. The molecule has 2 rings (SSSR count). The van der Waals surface area contributed by atoms with E-state index in [1.807, 2.05) is 13.8 Å². The third-order valence-electron chi connectivity index (χ3n) is 3.87. The largest absolute Gasteiger partial charge is 0.462 e. The Morgan fingerprint density at radius 1 is 1.31 bits per heavy atom. The minimum Gasteiger partial charge on any atom is -0.462 e. The van der Waals surface area contributed by atoms with E-state index in [1.54, 1.807) is 12.3 Å². The standard InChI is InChI=1S/C19H21F3N2O4S/c1-4-28-18(27)15-12(8-11(2)3)10-29-16(15)23-14(25)9-24-7-5-6-13(17(24)26)19(20,21)22/h5-7,10-11H,4,8-9H2,1-3H3,(H,23,25). The van der Waals surface area contributed by atoms with E-state index in [9.17, 15) is 27.6 Å². The van der Waals surface area contributed by atoms with Gasteiger partial charge in [0.15, 0.2) is 0 Å². The number of halogens is 3. The Labute approximate surface area is 169 Å². The first kappa shape index (κ1) is 22.7. The fourth-order valence-electron chi connectivity index (χ4n) is 2.70. The van der Waals surface area contributed by atoms with Crippen LogP contribution in [0.4, 0.5) is 18.2 Å². The molecule has 0 radical (unpaired) electrons. The first-order chi connectivity index (χ1) is 13.5. The Balaban J connectivity index is 2.27. The van der Waals surface area contributed by atoms with E-state index in [4.69, 9.17) is 4.74 Å². The molecule has 0 atom stereocenters. The van der Waals surface area contributed by atoms with E-state index in [1.165, 1.54) is 0 Å². The van der Waals surface area contributed by atoms with Crippen molar-refractivity contribution in [2.75, 3.05) is 11.9 Å². The SMILES string of the molecule is CCOC(=O)c1c(CC(C)C)csc1NC(=O)Cn1cccc(C(F)(F)F)c1=O. The second-order valence-electron chi connectivity index (χ2n) is 6.68. The van der Waals surface area contributed by atoms with Gasteiger partial charge in [-0.3, -0.25) is 9.59 Å². The predicted molar refractivity (Wildman–Crippen MR) is 103 cm³/mol. The molecule has 0 aliphatic carbocycles. The number of ether oxygens (including phenoxy) is 1. The third-order valence-corrected chi connectivity index (χ3v) is 4.81. The number of hydrogen-bond acceptors (Lipinski definition) is 5. The molecular weight excluding hydrogens is 409 g/mol. The average Bonchev–Trinajstić information content (AvgIpc) is 2.97. The number of nitrogens with one attached hydrogen (secondary N) is 1. The number of pyridine rings is 1. The number of esters is 1.